The molecular formula is C13H12F2N2O3. The van der Waals surface area contributed by atoms with Gasteiger partial charge in [-0.1, -0.05) is 12.1 Å². The Morgan fingerprint density at radius 2 is 1.95 bits per heavy atom. The minimum atomic E-state index is -2.98. The number of hydrogen-bond acceptors (Lipinski definition) is 4. The predicted octanol–water partition coefficient (Wildman–Crippen LogP) is 1.62. The van der Waals surface area contributed by atoms with Crippen molar-refractivity contribution in [3.05, 3.63) is 29.8 Å². The highest BCUT2D eigenvalue weighted by Gasteiger charge is 2.32. The minimum absolute atomic E-state index is 0.0341. The number of methoxy groups -OCH3 is 1. The predicted molar refractivity (Wildman–Crippen MR) is 66.6 cm³/mol. The van der Waals surface area contributed by atoms with Crippen LogP contribution in [0.5, 0.6) is 5.75 Å². The SMILES string of the molecule is COc1ccc(CN2N=C(C(F)F)C(=O)CC2=O)cc1. The van der Waals surface area contributed by atoms with Gasteiger partial charge in [-0.25, -0.2) is 13.8 Å². The average Bonchev–Trinajstić information content (AvgIpc) is 2.42. The average molecular weight is 282 g/mol. The van der Waals surface area contributed by atoms with E-state index in [1.54, 1.807) is 24.3 Å². The third-order valence-corrected chi connectivity index (χ3v) is 2.81. The van der Waals surface area contributed by atoms with Gasteiger partial charge in [0, 0.05) is 0 Å². The molecule has 1 heterocycles. The summed E-state index contributed by atoms with van der Waals surface area (Å²) in [5.74, 6) is -0.864. The van der Waals surface area contributed by atoms with Gasteiger partial charge in [0.05, 0.1) is 20.1 Å². The van der Waals surface area contributed by atoms with E-state index < -0.39 is 30.2 Å². The minimum Gasteiger partial charge on any atom is -0.497 e. The molecule has 0 radical (unpaired) electrons. The molecule has 1 aliphatic rings. The van der Waals surface area contributed by atoms with Gasteiger partial charge in [-0.2, -0.15) is 5.10 Å². The monoisotopic (exact) mass is 282 g/mol. The van der Waals surface area contributed by atoms with E-state index in [9.17, 15) is 18.4 Å². The van der Waals surface area contributed by atoms with Crippen molar-refractivity contribution in [2.45, 2.75) is 19.4 Å². The van der Waals surface area contributed by atoms with Crippen LogP contribution in [0.15, 0.2) is 29.4 Å². The van der Waals surface area contributed by atoms with Gasteiger partial charge in [-0.05, 0) is 17.7 Å². The number of carbonyl (C=O) groups is 2. The molecule has 1 amide bonds. The zero-order valence-corrected chi connectivity index (χ0v) is 10.7. The first-order chi connectivity index (χ1) is 9.51. The molecule has 20 heavy (non-hydrogen) atoms. The van der Waals surface area contributed by atoms with Crippen molar-refractivity contribution in [2.24, 2.45) is 5.10 Å². The van der Waals surface area contributed by atoms with E-state index in [1.165, 1.54) is 7.11 Å². The normalized spacial score (nSPS) is 15.6. The third kappa shape index (κ3) is 2.98. The second-order valence-corrected chi connectivity index (χ2v) is 4.19. The largest absolute Gasteiger partial charge is 0.497 e. The highest BCUT2D eigenvalue weighted by atomic mass is 19.3. The van der Waals surface area contributed by atoms with E-state index in [0.717, 1.165) is 5.01 Å². The van der Waals surface area contributed by atoms with Crippen molar-refractivity contribution in [2.75, 3.05) is 7.11 Å². The molecule has 0 saturated carbocycles. The maximum Gasteiger partial charge on any atom is 0.285 e. The number of nitrogens with zero attached hydrogens (tertiary/aromatic N) is 2. The molecule has 0 unspecified atom stereocenters. The number of ketones is 1. The van der Waals surface area contributed by atoms with Gasteiger partial charge in [0.25, 0.3) is 12.3 Å². The summed E-state index contributed by atoms with van der Waals surface area (Å²) in [6.45, 7) is 0.0341. The van der Waals surface area contributed by atoms with Crippen molar-refractivity contribution < 1.29 is 23.1 Å². The molecule has 0 N–H and O–H groups in total. The van der Waals surface area contributed by atoms with Crippen LogP contribution >= 0.6 is 0 Å². The van der Waals surface area contributed by atoms with Crippen molar-refractivity contribution in [1.29, 1.82) is 0 Å². The number of amides is 1. The van der Waals surface area contributed by atoms with Crippen molar-refractivity contribution in [3.8, 4) is 5.75 Å². The van der Waals surface area contributed by atoms with Crippen molar-refractivity contribution in [3.63, 3.8) is 0 Å². The lowest BCUT2D eigenvalue weighted by Crippen LogP contribution is -2.39. The van der Waals surface area contributed by atoms with E-state index in [4.69, 9.17) is 4.74 Å². The maximum atomic E-state index is 12.6. The second kappa shape index (κ2) is 5.77. The Morgan fingerprint density at radius 3 is 2.50 bits per heavy atom. The molecule has 0 spiro atoms. The number of hydrogen-bond donors (Lipinski definition) is 0. The van der Waals surface area contributed by atoms with Crippen LogP contribution in [0.4, 0.5) is 8.78 Å². The van der Waals surface area contributed by atoms with Crippen LogP contribution in [0.2, 0.25) is 0 Å². The number of benzene rings is 1. The molecule has 0 aromatic heterocycles. The lowest BCUT2D eigenvalue weighted by atomic mass is 10.1. The topological polar surface area (TPSA) is 59.0 Å². The Morgan fingerprint density at radius 1 is 1.30 bits per heavy atom. The highest BCUT2D eigenvalue weighted by molar-refractivity contribution is 6.44. The van der Waals surface area contributed by atoms with Crippen molar-refractivity contribution >= 4 is 17.4 Å². The molecule has 7 heteroatoms. The van der Waals surface area contributed by atoms with Crippen LogP contribution in [-0.2, 0) is 16.1 Å². The molecule has 0 fully saturated rings. The van der Waals surface area contributed by atoms with E-state index in [-0.39, 0.29) is 6.54 Å². The fourth-order valence-corrected chi connectivity index (χ4v) is 1.75. The Hall–Kier alpha value is -2.31. The van der Waals surface area contributed by atoms with Crippen LogP contribution in [0.3, 0.4) is 0 Å². The summed E-state index contributed by atoms with van der Waals surface area (Å²) in [6.07, 6.45) is -3.55. The van der Waals surface area contributed by atoms with E-state index >= 15 is 0 Å². The molecule has 0 atom stereocenters. The fourth-order valence-electron chi connectivity index (χ4n) is 1.75. The van der Waals surface area contributed by atoms with Crippen LogP contribution in [-0.4, -0.2) is 35.9 Å². The summed E-state index contributed by atoms with van der Waals surface area (Å²) in [7, 11) is 1.52. The molecule has 0 saturated heterocycles. The second-order valence-electron chi connectivity index (χ2n) is 4.19. The van der Waals surface area contributed by atoms with Gasteiger partial charge in [0.1, 0.15) is 5.75 Å². The first-order valence-electron chi connectivity index (χ1n) is 5.84. The molecule has 1 aromatic carbocycles. The van der Waals surface area contributed by atoms with Gasteiger partial charge in [-0.15, -0.1) is 0 Å². The van der Waals surface area contributed by atoms with Gasteiger partial charge < -0.3 is 4.74 Å². The summed E-state index contributed by atoms with van der Waals surface area (Å²) in [5, 5.41) is 4.34. The molecule has 5 nitrogen and oxygen atoms in total. The van der Waals surface area contributed by atoms with Crippen LogP contribution < -0.4 is 4.74 Å². The molecule has 1 aromatic rings. The molecule has 0 aliphatic carbocycles. The molecule has 0 bridgehead atoms. The lowest BCUT2D eigenvalue weighted by Gasteiger charge is -2.22. The van der Waals surface area contributed by atoms with Gasteiger partial charge in [-0.3, -0.25) is 9.59 Å². The number of hydrazone groups is 1. The Kier molecular flexibility index (Phi) is 4.07. The van der Waals surface area contributed by atoms with Crippen LogP contribution in [0, 0.1) is 0 Å². The van der Waals surface area contributed by atoms with Crippen molar-refractivity contribution in [1.82, 2.24) is 5.01 Å². The quantitative estimate of drug-likeness (QED) is 0.788. The third-order valence-electron chi connectivity index (χ3n) is 2.81. The summed E-state index contributed by atoms with van der Waals surface area (Å²) >= 11 is 0. The number of rotatable bonds is 4. The van der Waals surface area contributed by atoms with E-state index in [0.29, 0.717) is 11.3 Å². The van der Waals surface area contributed by atoms with E-state index in [1.807, 2.05) is 0 Å². The number of halogens is 2. The molecule has 2 rings (SSSR count). The molecular weight excluding hydrogens is 270 g/mol. The fraction of sp³-hybridized carbons (Fsp3) is 0.308. The molecule has 106 valence electrons. The first kappa shape index (κ1) is 14.1. The van der Waals surface area contributed by atoms with Gasteiger partial charge >= 0.3 is 0 Å². The maximum absolute atomic E-state index is 12.6. The van der Waals surface area contributed by atoms with Gasteiger partial charge in [0.15, 0.2) is 11.5 Å². The first-order valence-corrected chi connectivity index (χ1v) is 5.84. The summed E-state index contributed by atoms with van der Waals surface area (Å²) < 4.78 is 30.2. The summed E-state index contributed by atoms with van der Waals surface area (Å²) in [6, 6.07) is 6.76. The van der Waals surface area contributed by atoms with Gasteiger partial charge in [0.2, 0.25) is 0 Å². The number of alkyl halides is 2. The van der Waals surface area contributed by atoms with Crippen LogP contribution in [0.25, 0.3) is 0 Å². The zero-order chi connectivity index (χ0) is 14.7. The number of ether oxygens (including phenoxy) is 1. The Bertz CT molecular complexity index is 555. The van der Waals surface area contributed by atoms with E-state index in [2.05, 4.69) is 5.10 Å². The zero-order valence-electron chi connectivity index (χ0n) is 10.7. The Labute approximate surface area is 113 Å². The summed E-state index contributed by atoms with van der Waals surface area (Å²) in [4.78, 5) is 22.9. The lowest BCUT2D eigenvalue weighted by molar-refractivity contribution is -0.136. The summed E-state index contributed by atoms with van der Waals surface area (Å²) in [5.41, 5.74) is -0.163. The molecule has 1 aliphatic heterocycles. The van der Waals surface area contributed by atoms with Crippen LogP contribution in [0.1, 0.15) is 12.0 Å². The highest BCUT2D eigenvalue weighted by Crippen LogP contribution is 2.17. The smallest absolute Gasteiger partial charge is 0.285 e. The number of carbonyl (C=O) groups excluding carboxylic acids is 2. The number of Topliss-reactive ketones (excluding diaryl/α,β-unsaturated/α-hetero) is 1. The Balaban J connectivity index is 2.18. The standard InChI is InChI=1S/C13H12F2N2O3/c1-20-9-4-2-8(3-5-9)7-17-11(19)6-10(18)12(16-17)13(14)15/h2-5,13H,6-7H2,1H3.